The Balaban J connectivity index is 0.869. The van der Waals surface area contributed by atoms with Gasteiger partial charge in [0.25, 0.3) is 0 Å². The number of methoxy groups -OCH3 is 3. The monoisotopic (exact) mass is 1720 g/mol. The predicted octanol–water partition coefficient (Wildman–Crippen LogP) is 14.2. The number of rotatable bonds is 39. The Hall–Kier alpha value is -11.1. The minimum absolute atomic E-state index is 0.0526. The van der Waals surface area contributed by atoms with Gasteiger partial charge in [0.15, 0.2) is 49.8 Å². The van der Waals surface area contributed by atoms with Crippen LogP contribution in [-0.2, 0) is 144 Å². The van der Waals surface area contributed by atoms with Crippen LogP contribution in [0.2, 0.25) is 0 Å². The molecule has 33 nitrogen and oxygen atoms in total. The number of azide groups is 3. The number of esters is 4. The van der Waals surface area contributed by atoms with Crippen molar-refractivity contribution >= 4 is 23.9 Å². The Labute approximate surface area is 722 Å². The summed E-state index contributed by atoms with van der Waals surface area (Å²) in [6.07, 6.45) is -30.4. The minimum atomic E-state index is -1.96. The van der Waals surface area contributed by atoms with Crippen molar-refractivity contribution in [1.29, 1.82) is 0 Å². The van der Waals surface area contributed by atoms with Gasteiger partial charge in [0.1, 0.15) is 79.7 Å². The quantitative estimate of drug-likeness (QED) is 0.0113. The van der Waals surface area contributed by atoms with Crippen LogP contribution in [0.3, 0.4) is 0 Å². The lowest BCUT2D eigenvalue weighted by molar-refractivity contribution is -0.378. The number of ether oxygens (including phenoxy) is 20. The van der Waals surface area contributed by atoms with Gasteiger partial charge in [-0.25, -0.2) is 19.2 Å². The molecule has 8 aromatic rings. The fourth-order valence-corrected chi connectivity index (χ4v) is 15.9. The van der Waals surface area contributed by atoms with Crippen molar-refractivity contribution in [3.05, 3.63) is 318 Å². The lowest BCUT2D eigenvalue weighted by Gasteiger charge is -2.51. The molecular formula is C92H101N9O24. The van der Waals surface area contributed by atoms with Crippen LogP contribution < -0.4 is 0 Å². The summed E-state index contributed by atoms with van der Waals surface area (Å²) >= 11 is 0. The van der Waals surface area contributed by atoms with E-state index < -0.39 is 184 Å². The molecule has 0 spiro atoms. The molecule has 0 N–H and O–H groups in total. The van der Waals surface area contributed by atoms with Crippen LogP contribution in [-0.4, -0.2) is 199 Å². The average molecular weight is 1720 g/mol. The van der Waals surface area contributed by atoms with E-state index in [2.05, 4.69) is 30.1 Å². The molecule has 8 aromatic carbocycles. The Morgan fingerprint density at radius 2 is 0.640 bits per heavy atom. The molecule has 0 bridgehead atoms. The van der Waals surface area contributed by atoms with Crippen molar-refractivity contribution in [3.8, 4) is 0 Å². The molecule has 5 aliphatic rings. The highest BCUT2D eigenvalue weighted by molar-refractivity contribution is 5.90. The number of benzene rings is 8. The van der Waals surface area contributed by atoms with Crippen molar-refractivity contribution in [3.63, 3.8) is 0 Å². The van der Waals surface area contributed by atoms with E-state index in [1.54, 1.807) is 117 Å². The number of hydrogen-bond acceptors (Lipinski definition) is 27. The zero-order valence-electron chi connectivity index (χ0n) is 69.7. The number of carbonyl (C=O) groups is 4. The van der Waals surface area contributed by atoms with Gasteiger partial charge in [-0.2, -0.15) is 0 Å². The Bertz CT molecular complexity index is 4830. The third-order valence-corrected chi connectivity index (χ3v) is 22.2. The summed E-state index contributed by atoms with van der Waals surface area (Å²) in [6, 6.07) is 67.4. The Kier molecular flexibility index (Phi) is 33.9. The number of hydrogen-bond donors (Lipinski definition) is 0. The first-order valence-electron chi connectivity index (χ1n) is 41.3. The van der Waals surface area contributed by atoms with Gasteiger partial charge in [0.2, 0.25) is 0 Å². The predicted molar refractivity (Wildman–Crippen MR) is 445 cm³/mol. The van der Waals surface area contributed by atoms with E-state index in [0.29, 0.717) is 28.7 Å². The van der Waals surface area contributed by atoms with Crippen molar-refractivity contribution < 1.29 is 114 Å². The summed E-state index contributed by atoms with van der Waals surface area (Å²) in [6.45, 7) is 4.45. The first kappa shape index (κ1) is 91.6. The highest BCUT2D eigenvalue weighted by Gasteiger charge is 2.61. The molecule has 25 atom stereocenters. The zero-order valence-corrected chi connectivity index (χ0v) is 69.7. The van der Waals surface area contributed by atoms with Gasteiger partial charge in [-0.3, -0.25) is 0 Å². The summed E-state index contributed by atoms with van der Waals surface area (Å²) in [4.78, 5) is 69.0. The smallest absolute Gasteiger partial charge is 0.338 e. The Morgan fingerprint density at radius 1 is 0.328 bits per heavy atom. The van der Waals surface area contributed by atoms with Crippen LogP contribution in [0.5, 0.6) is 0 Å². The van der Waals surface area contributed by atoms with Gasteiger partial charge in [0, 0.05) is 21.8 Å². The second kappa shape index (κ2) is 46.2. The molecule has 25 unspecified atom stereocenters. The highest BCUT2D eigenvalue weighted by atomic mass is 16.8. The topological polar surface area (TPSA) is 399 Å². The molecule has 5 fully saturated rings. The maximum Gasteiger partial charge on any atom is 0.338 e. The lowest BCUT2D eigenvalue weighted by atomic mass is 9.87. The van der Waals surface area contributed by atoms with E-state index >= 15 is 14.4 Å². The maximum absolute atomic E-state index is 15.1. The molecule has 0 aliphatic carbocycles. The van der Waals surface area contributed by atoms with Gasteiger partial charge in [0.05, 0.1) is 89.3 Å². The van der Waals surface area contributed by atoms with E-state index in [0.717, 1.165) is 18.2 Å². The van der Waals surface area contributed by atoms with Crippen LogP contribution >= 0.6 is 0 Å². The lowest BCUT2D eigenvalue weighted by Crippen LogP contribution is -2.68. The molecule has 0 radical (unpaired) electrons. The third kappa shape index (κ3) is 23.5. The average Bonchev–Trinajstić information content (AvgIpc) is 0.756. The van der Waals surface area contributed by atoms with Crippen molar-refractivity contribution in [2.75, 3.05) is 27.9 Å². The van der Waals surface area contributed by atoms with Gasteiger partial charge in [-0.15, -0.1) is 0 Å². The van der Waals surface area contributed by atoms with Crippen LogP contribution in [0.4, 0.5) is 0 Å². The molecule has 0 aromatic heterocycles. The number of nitrogens with zero attached hydrogens (tertiary/aromatic N) is 9. The normalized spacial score (nSPS) is 29.6. The van der Waals surface area contributed by atoms with Gasteiger partial charge >= 0.3 is 23.9 Å². The first-order chi connectivity index (χ1) is 61.2. The molecule has 125 heavy (non-hydrogen) atoms. The van der Waals surface area contributed by atoms with Crippen LogP contribution in [0, 0.1) is 5.92 Å². The summed E-state index contributed by atoms with van der Waals surface area (Å²) in [5.41, 5.74) is 36.3. The second-order valence-corrected chi connectivity index (χ2v) is 30.2. The fourth-order valence-electron chi connectivity index (χ4n) is 15.9. The van der Waals surface area contributed by atoms with Crippen molar-refractivity contribution in [1.82, 2.24) is 0 Å². The van der Waals surface area contributed by atoms with E-state index in [1.807, 2.05) is 134 Å². The minimum Gasteiger partial charge on any atom is -0.467 e. The zero-order chi connectivity index (χ0) is 87.4. The molecule has 33 heteroatoms. The summed E-state index contributed by atoms with van der Waals surface area (Å²) in [5.74, 6) is -4.73. The summed E-state index contributed by atoms with van der Waals surface area (Å²) in [7, 11) is 3.60. The van der Waals surface area contributed by atoms with Crippen LogP contribution in [0.15, 0.2) is 258 Å². The molecule has 13 rings (SSSR count). The van der Waals surface area contributed by atoms with Gasteiger partial charge in [-0.05, 0) is 93.0 Å². The standard InChI is InChI=1S/C92H101N9O24/c1-7-65-71(120-91-82(114-54-62-43-27-14-28-44-62)76(112-52-60-39-23-12-24-40-60)78(80(124-91)86(104)106-4)123-90-70(98-101-95)74(110-50-58-35-19-10-20-36-58)72(66(8-2)117-90)109-49-57-33-17-9-18-34-57)56(3)68(96-99-93)89(116-65)122-79-77(113-53-61-41-25-13-26-42-61)83(119-85(103)64-47-31-16-32-48-64)92(125-81(79)87(105)107-5)121-73-67(55-115-84(102)63-45-29-15-30-46-63)118-88(108-6)69(97-100-94)75(73)111-51-59-37-21-11-22-38-59/h9-48,56,65-83,88-92H,7-8,49-55H2,1-6H3. The fraction of sp³-hybridized carbons (Fsp3) is 0.435. The molecule has 0 amide bonds. The van der Waals surface area contributed by atoms with E-state index in [9.17, 15) is 21.4 Å². The van der Waals surface area contributed by atoms with Crippen LogP contribution in [0.1, 0.15) is 87.7 Å². The largest absolute Gasteiger partial charge is 0.467 e. The van der Waals surface area contributed by atoms with Gasteiger partial charge in [-0.1, -0.05) is 255 Å². The van der Waals surface area contributed by atoms with Crippen LogP contribution in [0.25, 0.3) is 31.3 Å². The molecule has 0 saturated carbocycles. The maximum atomic E-state index is 15.1. The van der Waals surface area contributed by atoms with E-state index in [4.69, 9.17) is 94.7 Å². The van der Waals surface area contributed by atoms with Crippen molar-refractivity contribution in [2.24, 2.45) is 21.3 Å². The van der Waals surface area contributed by atoms with E-state index in [1.165, 1.54) is 26.4 Å². The summed E-state index contributed by atoms with van der Waals surface area (Å²) < 4.78 is 134. The third-order valence-electron chi connectivity index (χ3n) is 22.2. The second-order valence-electron chi connectivity index (χ2n) is 30.2. The van der Waals surface area contributed by atoms with E-state index in [-0.39, 0.29) is 57.2 Å². The highest BCUT2D eigenvalue weighted by Crippen LogP contribution is 2.44. The summed E-state index contributed by atoms with van der Waals surface area (Å²) in [5, 5.41) is 12.8. The molecule has 5 saturated heterocycles. The first-order valence-corrected chi connectivity index (χ1v) is 41.3. The number of carbonyl (C=O) groups excluding carboxylic acids is 4. The molecule has 5 aliphatic heterocycles. The molecule has 5 heterocycles. The SMILES string of the molecule is CCC1OC(OC2C(C(=O)OC)OC(OC3C(COC(=O)c4ccccc4)OC(OC)C(N=[N+]=[N-])C3OCc3ccccc3)C(OC(=O)c3ccccc3)C2OCc2ccccc2)C(N=[N+]=[N-])C(C)C1OC1OC(C(=O)OC)C(OC2OC(CC)C(OCc3ccccc3)C(OCc3ccccc3)C2N=[N+]=[N-])C(OCc2ccccc2)C1OCc1ccccc1. The van der Waals surface area contributed by atoms with Gasteiger partial charge < -0.3 is 94.7 Å². The molecule has 658 valence electrons. The molecular weight excluding hydrogens is 1620 g/mol. The Morgan fingerprint density at radius 3 is 1.04 bits per heavy atom. The van der Waals surface area contributed by atoms with Crippen molar-refractivity contribution in [2.45, 2.75) is 220 Å².